The minimum Gasteiger partial charge on any atom is -0.478 e. The molecule has 1 aromatic heterocycles. The number of carboxylic acid groups (broad SMARTS) is 1. The summed E-state index contributed by atoms with van der Waals surface area (Å²) in [6, 6.07) is 2.61. The SMILES string of the molecule is CCCCN(C)S(=O)(=O)Nc1ccc(C(=O)O)cn1. The van der Waals surface area contributed by atoms with Gasteiger partial charge in [0.25, 0.3) is 0 Å². The number of nitrogens with zero attached hydrogens (tertiary/aromatic N) is 2. The van der Waals surface area contributed by atoms with Crippen LogP contribution in [0.1, 0.15) is 30.1 Å². The molecule has 19 heavy (non-hydrogen) atoms. The van der Waals surface area contributed by atoms with Crippen LogP contribution < -0.4 is 4.72 Å². The summed E-state index contributed by atoms with van der Waals surface area (Å²) in [6.07, 6.45) is 2.76. The molecule has 2 N–H and O–H groups in total. The molecule has 0 bridgehead atoms. The lowest BCUT2D eigenvalue weighted by Gasteiger charge is -2.17. The van der Waals surface area contributed by atoms with Gasteiger partial charge in [-0.05, 0) is 18.6 Å². The quantitative estimate of drug-likeness (QED) is 0.784. The second-order valence-corrected chi connectivity index (χ2v) is 5.80. The first-order chi connectivity index (χ1) is 8.86. The first kappa shape index (κ1) is 15.4. The molecular formula is C11H17N3O4S. The normalized spacial score (nSPS) is 11.5. The highest BCUT2D eigenvalue weighted by atomic mass is 32.2. The molecule has 1 rings (SSSR count). The zero-order chi connectivity index (χ0) is 14.5. The Morgan fingerprint density at radius 2 is 2.16 bits per heavy atom. The van der Waals surface area contributed by atoms with E-state index in [4.69, 9.17) is 5.11 Å². The van der Waals surface area contributed by atoms with Crippen LogP contribution in [0.25, 0.3) is 0 Å². The summed E-state index contributed by atoms with van der Waals surface area (Å²) >= 11 is 0. The number of aromatic carboxylic acids is 1. The van der Waals surface area contributed by atoms with Gasteiger partial charge in [0.2, 0.25) is 0 Å². The number of unbranched alkanes of at least 4 members (excludes halogenated alkanes) is 1. The van der Waals surface area contributed by atoms with Crippen LogP contribution in [0.5, 0.6) is 0 Å². The van der Waals surface area contributed by atoms with E-state index >= 15 is 0 Å². The number of carbonyl (C=O) groups is 1. The van der Waals surface area contributed by atoms with E-state index in [1.54, 1.807) is 0 Å². The molecule has 0 spiro atoms. The van der Waals surface area contributed by atoms with E-state index < -0.39 is 16.2 Å². The van der Waals surface area contributed by atoms with Crippen LogP contribution in [0.3, 0.4) is 0 Å². The predicted octanol–water partition coefficient (Wildman–Crippen LogP) is 1.17. The highest BCUT2D eigenvalue weighted by Gasteiger charge is 2.17. The highest BCUT2D eigenvalue weighted by molar-refractivity contribution is 7.90. The summed E-state index contributed by atoms with van der Waals surface area (Å²) in [5, 5.41) is 8.71. The van der Waals surface area contributed by atoms with Crippen LogP contribution in [-0.2, 0) is 10.2 Å². The molecular weight excluding hydrogens is 270 g/mol. The van der Waals surface area contributed by atoms with E-state index in [9.17, 15) is 13.2 Å². The lowest BCUT2D eigenvalue weighted by molar-refractivity contribution is 0.0696. The zero-order valence-electron chi connectivity index (χ0n) is 10.8. The second kappa shape index (κ2) is 6.48. The Kier molecular flexibility index (Phi) is 5.25. The Bertz CT molecular complexity index is 527. The number of pyridine rings is 1. The molecule has 0 saturated heterocycles. The zero-order valence-corrected chi connectivity index (χ0v) is 11.6. The number of nitrogens with one attached hydrogen (secondary N) is 1. The molecule has 1 heterocycles. The maximum atomic E-state index is 11.9. The third-order valence-electron chi connectivity index (χ3n) is 2.48. The topological polar surface area (TPSA) is 99.6 Å². The molecule has 7 nitrogen and oxygen atoms in total. The molecule has 0 atom stereocenters. The predicted molar refractivity (Wildman–Crippen MR) is 71.3 cm³/mol. The minimum absolute atomic E-state index is 0.00212. The van der Waals surface area contributed by atoms with Crippen LogP contribution in [0.2, 0.25) is 0 Å². The first-order valence-corrected chi connectivity index (χ1v) is 7.24. The number of anilines is 1. The smallest absolute Gasteiger partial charge is 0.337 e. The van der Waals surface area contributed by atoms with Crippen LogP contribution in [0.15, 0.2) is 18.3 Å². The molecule has 0 aromatic carbocycles. The molecule has 106 valence electrons. The van der Waals surface area contributed by atoms with Crippen molar-refractivity contribution in [1.29, 1.82) is 0 Å². The molecule has 0 aliphatic rings. The van der Waals surface area contributed by atoms with Crippen LogP contribution in [-0.4, -0.2) is 42.4 Å². The minimum atomic E-state index is -3.65. The van der Waals surface area contributed by atoms with Gasteiger partial charge in [0.15, 0.2) is 0 Å². The van der Waals surface area contributed by atoms with Gasteiger partial charge in [0.05, 0.1) is 5.56 Å². The van der Waals surface area contributed by atoms with Crippen molar-refractivity contribution in [2.24, 2.45) is 0 Å². The molecule has 0 radical (unpaired) electrons. The van der Waals surface area contributed by atoms with Crippen molar-refractivity contribution in [2.45, 2.75) is 19.8 Å². The largest absolute Gasteiger partial charge is 0.478 e. The summed E-state index contributed by atoms with van der Waals surface area (Å²) in [4.78, 5) is 14.4. The van der Waals surface area contributed by atoms with Gasteiger partial charge in [-0.15, -0.1) is 0 Å². The van der Waals surface area contributed by atoms with Crippen molar-refractivity contribution in [2.75, 3.05) is 18.3 Å². The molecule has 0 unspecified atom stereocenters. The molecule has 0 amide bonds. The Morgan fingerprint density at radius 1 is 1.47 bits per heavy atom. The number of aromatic nitrogens is 1. The third kappa shape index (κ3) is 4.49. The Balaban J connectivity index is 2.75. The Hall–Kier alpha value is -1.67. The summed E-state index contributed by atoms with van der Waals surface area (Å²) in [6.45, 7) is 2.39. The van der Waals surface area contributed by atoms with Gasteiger partial charge in [-0.1, -0.05) is 13.3 Å². The molecule has 1 aromatic rings. The monoisotopic (exact) mass is 287 g/mol. The second-order valence-electron chi connectivity index (χ2n) is 4.02. The maximum absolute atomic E-state index is 11.9. The van der Waals surface area contributed by atoms with E-state index in [1.165, 1.54) is 23.5 Å². The van der Waals surface area contributed by atoms with E-state index in [0.717, 1.165) is 19.0 Å². The molecule has 0 aliphatic carbocycles. The Labute approximate surface area is 112 Å². The van der Waals surface area contributed by atoms with Gasteiger partial charge in [-0.25, -0.2) is 9.78 Å². The van der Waals surface area contributed by atoms with E-state index in [-0.39, 0.29) is 11.4 Å². The van der Waals surface area contributed by atoms with Crippen molar-refractivity contribution < 1.29 is 18.3 Å². The van der Waals surface area contributed by atoms with Gasteiger partial charge in [-0.2, -0.15) is 12.7 Å². The van der Waals surface area contributed by atoms with Crippen LogP contribution in [0, 0.1) is 0 Å². The number of rotatable bonds is 7. The fourth-order valence-electron chi connectivity index (χ4n) is 1.29. The molecule has 0 fully saturated rings. The number of hydrogen-bond acceptors (Lipinski definition) is 4. The van der Waals surface area contributed by atoms with Gasteiger partial charge in [0.1, 0.15) is 5.82 Å². The van der Waals surface area contributed by atoms with Crippen molar-refractivity contribution in [3.63, 3.8) is 0 Å². The third-order valence-corrected chi connectivity index (χ3v) is 3.95. The van der Waals surface area contributed by atoms with Crippen molar-refractivity contribution >= 4 is 22.0 Å². The summed E-state index contributed by atoms with van der Waals surface area (Å²) in [5.74, 6) is -1.02. The number of carboxylic acids is 1. The fourth-order valence-corrected chi connectivity index (χ4v) is 2.20. The molecule has 8 heteroatoms. The lowest BCUT2D eigenvalue weighted by Crippen LogP contribution is -2.33. The maximum Gasteiger partial charge on any atom is 0.337 e. The lowest BCUT2D eigenvalue weighted by atomic mass is 10.3. The number of hydrogen-bond donors (Lipinski definition) is 2. The van der Waals surface area contributed by atoms with Crippen LogP contribution >= 0.6 is 0 Å². The van der Waals surface area contributed by atoms with Gasteiger partial charge >= 0.3 is 16.2 Å². The van der Waals surface area contributed by atoms with Crippen LogP contribution in [0.4, 0.5) is 5.82 Å². The molecule has 0 saturated carbocycles. The highest BCUT2D eigenvalue weighted by Crippen LogP contribution is 2.09. The van der Waals surface area contributed by atoms with Gasteiger partial charge in [-0.3, -0.25) is 4.72 Å². The van der Waals surface area contributed by atoms with E-state index in [1.807, 2.05) is 6.92 Å². The van der Waals surface area contributed by atoms with Crippen molar-refractivity contribution in [3.05, 3.63) is 23.9 Å². The first-order valence-electron chi connectivity index (χ1n) is 5.80. The van der Waals surface area contributed by atoms with E-state index in [0.29, 0.717) is 6.54 Å². The fraction of sp³-hybridized carbons (Fsp3) is 0.455. The summed E-state index contributed by atoms with van der Waals surface area (Å²) < 4.78 is 27.3. The average Bonchev–Trinajstić information content (AvgIpc) is 2.36. The summed E-state index contributed by atoms with van der Waals surface area (Å²) in [7, 11) is -2.17. The molecule has 0 aliphatic heterocycles. The van der Waals surface area contributed by atoms with Crippen molar-refractivity contribution in [1.82, 2.24) is 9.29 Å². The average molecular weight is 287 g/mol. The van der Waals surface area contributed by atoms with Gasteiger partial charge in [0, 0.05) is 19.8 Å². The van der Waals surface area contributed by atoms with E-state index in [2.05, 4.69) is 9.71 Å². The summed E-state index contributed by atoms with van der Waals surface area (Å²) in [5.41, 5.74) is 0.00212. The van der Waals surface area contributed by atoms with Crippen molar-refractivity contribution in [3.8, 4) is 0 Å². The Morgan fingerprint density at radius 3 is 2.63 bits per heavy atom. The standard InChI is InChI=1S/C11H17N3O4S/c1-3-4-7-14(2)19(17,18)13-10-6-5-9(8-12-10)11(15)16/h5-6,8H,3-4,7H2,1-2H3,(H,12,13)(H,15,16). The van der Waals surface area contributed by atoms with Gasteiger partial charge < -0.3 is 5.11 Å².